The van der Waals surface area contributed by atoms with E-state index in [4.69, 9.17) is 21.1 Å². The Hall–Kier alpha value is -3.23. The Kier molecular flexibility index (Phi) is 7.52. The van der Waals surface area contributed by atoms with Crippen molar-refractivity contribution in [2.24, 2.45) is 4.99 Å². The molecular formula is C26H26ClN3O4S. The van der Waals surface area contributed by atoms with Crippen molar-refractivity contribution < 1.29 is 19.1 Å². The Bertz CT molecular complexity index is 1270. The van der Waals surface area contributed by atoms with Crippen molar-refractivity contribution in [3.8, 4) is 5.75 Å². The number of nitrogens with one attached hydrogen (secondary N) is 1. The molecule has 2 aliphatic rings. The molecule has 7 nitrogen and oxygen atoms in total. The topological polar surface area (TPSA) is 80.2 Å². The minimum absolute atomic E-state index is 0.211. The molecule has 0 radical (unpaired) electrons. The summed E-state index contributed by atoms with van der Waals surface area (Å²) in [4.78, 5) is 32.1. The van der Waals surface area contributed by atoms with Crippen molar-refractivity contribution in [1.29, 1.82) is 0 Å². The number of aryl methyl sites for hydroxylation is 2. The van der Waals surface area contributed by atoms with Gasteiger partial charge in [-0.25, -0.2) is 9.79 Å². The molecule has 1 atom stereocenters. The summed E-state index contributed by atoms with van der Waals surface area (Å²) < 4.78 is 11.3. The number of allylic oxidation sites excluding steroid dienone is 1. The summed E-state index contributed by atoms with van der Waals surface area (Å²) in [6, 6.07) is 10.4. The monoisotopic (exact) mass is 511 g/mol. The largest absolute Gasteiger partial charge is 0.483 e. The highest BCUT2D eigenvalue weighted by molar-refractivity contribution is 8.16. The lowest BCUT2D eigenvalue weighted by Crippen LogP contribution is -2.34. The van der Waals surface area contributed by atoms with Crippen LogP contribution in [0, 0.1) is 13.8 Å². The zero-order valence-electron chi connectivity index (χ0n) is 19.9. The highest BCUT2D eigenvalue weighted by Gasteiger charge is 2.39. The van der Waals surface area contributed by atoms with Gasteiger partial charge in [0, 0.05) is 22.5 Å². The zero-order chi connectivity index (χ0) is 25.1. The van der Waals surface area contributed by atoms with E-state index < -0.39 is 12.0 Å². The molecule has 2 aromatic carbocycles. The number of carbonyl (C=O) groups excluding carboxylic acids is 2. The zero-order valence-corrected chi connectivity index (χ0v) is 21.5. The van der Waals surface area contributed by atoms with Crippen LogP contribution in [-0.4, -0.2) is 35.2 Å². The number of thioether (sulfide) groups is 1. The maximum absolute atomic E-state index is 13.0. The van der Waals surface area contributed by atoms with Gasteiger partial charge in [0.25, 0.3) is 5.91 Å². The Balaban J connectivity index is 1.63. The second-order valence-electron chi connectivity index (χ2n) is 8.16. The molecule has 2 heterocycles. The molecule has 2 aromatic rings. The summed E-state index contributed by atoms with van der Waals surface area (Å²) in [5.41, 5.74) is 4.42. The van der Waals surface area contributed by atoms with E-state index in [2.05, 4.69) is 10.3 Å². The fraction of sp³-hybridized carbons (Fsp3) is 0.269. The molecular weight excluding hydrogens is 486 g/mol. The lowest BCUT2D eigenvalue weighted by molar-refractivity contribution is -0.139. The third-order valence-corrected chi connectivity index (χ3v) is 6.60. The van der Waals surface area contributed by atoms with Gasteiger partial charge in [-0.2, -0.15) is 0 Å². The molecule has 0 saturated heterocycles. The summed E-state index contributed by atoms with van der Waals surface area (Å²) in [5.74, 6) is -0.310. The first-order chi connectivity index (χ1) is 16.8. The van der Waals surface area contributed by atoms with Gasteiger partial charge in [0.15, 0.2) is 11.8 Å². The molecule has 182 valence electrons. The summed E-state index contributed by atoms with van der Waals surface area (Å²) in [6.07, 6.45) is 1.86. The van der Waals surface area contributed by atoms with E-state index in [1.54, 1.807) is 32.0 Å². The number of esters is 1. The smallest absolute Gasteiger partial charge is 0.338 e. The van der Waals surface area contributed by atoms with Crippen LogP contribution >= 0.6 is 23.4 Å². The Labute approximate surface area is 213 Å². The third kappa shape index (κ3) is 5.39. The molecule has 1 amide bonds. The van der Waals surface area contributed by atoms with Gasteiger partial charge in [0.05, 0.1) is 23.9 Å². The average Bonchev–Trinajstić information content (AvgIpc) is 3.27. The minimum Gasteiger partial charge on any atom is -0.483 e. The number of amidine groups is 1. The second kappa shape index (κ2) is 10.6. The predicted molar refractivity (Wildman–Crippen MR) is 140 cm³/mol. The molecule has 0 fully saturated rings. The number of carbonyl (C=O) groups is 2. The summed E-state index contributed by atoms with van der Waals surface area (Å²) in [5, 5.41) is 6.00. The number of amides is 1. The van der Waals surface area contributed by atoms with Crippen LogP contribution in [0.15, 0.2) is 64.3 Å². The molecule has 4 rings (SSSR count). The van der Waals surface area contributed by atoms with Crippen LogP contribution in [0.5, 0.6) is 5.75 Å². The van der Waals surface area contributed by atoms with E-state index in [9.17, 15) is 9.59 Å². The molecule has 0 aliphatic carbocycles. The maximum Gasteiger partial charge on any atom is 0.338 e. The van der Waals surface area contributed by atoms with Crippen LogP contribution in [-0.2, 0) is 14.3 Å². The van der Waals surface area contributed by atoms with Crippen molar-refractivity contribution in [2.45, 2.75) is 33.7 Å². The molecule has 35 heavy (non-hydrogen) atoms. The first-order valence-electron chi connectivity index (χ1n) is 11.2. The number of fused-ring (bicyclic) bond motifs is 1. The van der Waals surface area contributed by atoms with Crippen molar-refractivity contribution in [2.75, 3.05) is 18.5 Å². The van der Waals surface area contributed by atoms with Gasteiger partial charge < -0.3 is 19.7 Å². The van der Waals surface area contributed by atoms with Crippen LogP contribution in [0.3, 0.4) is 0 Å². The van der Waals surface area contributed by atoms with Crippen molar-refractivity contribution in [1.82, 2.24) is 4.90 Å². The average molecular weight is 512 g/mol. The number of halogens is 1. The van der Waals surface area contributed by atoms with Crippen molar-refractivity contribution >= 4 is 46.1 Å². The van der Waals surface area contributed by atoms with Gasteiger partial charge in [-0.3, -0.25) is 4.79 Å². The summed E-state index contributed by atoms with van der Waals surface area (Å²) in [6.45, 7) is 7.51. The number of ether oxygens (including phenoxy) is 2. The standard InChI is InChI=1S/C26H26ClN3O4S/c1-5-33-25(32)23-17(4)28-26-30(10-11-35-26)24(23)19-13-18(27)7-9-21(19)34-14-22(31)29-20-8-6-15(2)12-16(20)3/h6-13,24H,5,14H2,1-4H3,(H,29,31)/t24-/m0/s1. The van der Waals surface area contributed by atoms with Gasteiger partial charge in [-0.15, -0.1) is 0 Å². The number of nitrogens with zero attached hydrogens (tertiary/aromatic N) is 2. The SMILES string of the molecule is CCOC(=O)C1=C(C)N=C2SC=CN2[C@H]1c1cc(Cl)ccc1OCC(=O)Nc1ccc(C)cc1C. The Morgan fingerprint density at radius 3 is 2.71 bits per heavy atom. The van der Waals surface area contributed by atoms with E-state index in [1.165, 1.54) is 11.8 Å². The van der Waals surface area contributed by atoms with Crippen molar-refractivity contribution in [3.63, 3.8) is 0 Å². The normalized spacial score (nSPS) is 16.7. The van der Waals surface area contributed by atoms with E-state index in [-0.39, 0.29) is 19.1 Å². The Morgan fingerprint density at radius 2 is 1.97 bits per heavy atom. The van der Waals surface area contributed by atoms with Crippen LogP contribution in [0.2, 0.25) is 5.02 Å². The first-order valence-corrected chi connectivity index (χ1v) is 12.4. The highest BCUT2D eigenvalue weighted by Crippen LogP contribution is 2.44. The van der Waals surface area contributed by atoms with E-state index in [0.717, 1.165) is 22.0 Å². The van der Waals surface area contributed by atoms with E-state index in [1.807, 2.05) is 48.6 Å². The number of hydrogen-bond acceptors (Lipinski definition) is 7. The molecule has 0 bridgehead atoms. The molecule has 0 aromatic heterocycles. The summed E-state index contributed by atoms with van der Waals surface area (Å²) in [7, 11) is 0. The fourth-order valence-corrected chi connectivity index (χ4v) is 5.00. The molecule has 1 N–H and O–H groups in total. The molecule has 2 aliphatic heterocycles. The number of rotatable bonds is 7. The molecule has 0 unspecified atom stereocenters. The minimum atomic E-state index is -0.566. The van der Waals surface area contributed by atoms with Crippen LogP contribution in [0.25, 0.3) is 0 Å². The first kappa shape index (κ1) is 24.9. The lowest BCUT2D eigenvalue weighted by Gasteiger charge is -2.34. The van der Waals surface area contributed by atoms with Crippen LogP contribution in [0.4, 0.5) is 5.69 Å². The number of benzene rings is 2. The van der Waals surface area contributed by atoms with Crippen LogP contribution in [0.1, 0.15) is 36.6 Å². The van der Waals surface area contributed by atoms with Crippen molar-refractivity contribution in [3.05, 3.63) is 81.0 Å². The highest BCUT2D eigenvalue weighted by atomic mass is 35.5. The molecule has 9 heteroatoms. The van der Waals surface area contributed by atoms with Gasteiger partial charge in [0.2, 0.25) is 0 Å². The predicted octanol–water partition coefficient (Wildman–Crippen LogP) is 5.74. The quantitative estimate of drug-likeness (QED) is 0.477. The fourth-order valence-electron chi connectivity index (χ4n) is 4.02. The number of aliphatic imine (C=N–C) groups is 1. The molecule has 0 spiro atoms. The lowest BCUT2D eigenvalue weighted by atomic mass is 9.94. The number of hydrogen-bond donors (Lipinski definition) is 1. The maximum atomic E-state index is 13.0. The summed E-state index contributed by atoms with van der Waals surface area (Å²) >= 11 is 7.82. The van der Waals surface area contributed by atoms with E-state index in [0.29, 0.717) is 27.6 Å². The van der Waals surface area contributed by atoms with Gasteiger partial charge in [-0.1, -0.05) is 41.1 Å². The number of anilines is 1. The Morgan fingerprint density at radius 1 is 1.17 bits per heavy atom. The second-order valence-corrected chi connectivity index (χ2v) is 9.47. The van der Waals surface area contributed by atoms with Gasteiger partial charge in [-0.05, 0) is 62.9 Å². The third-order valence-electron chi connectivity index (χ3n) is 5.60. The van der Waals surface area contributed by atoms with Gasteiger partial charge >= 0.3 is 5.97 Å². The van der Waals surface area contributed by atoms with Gasteiger partial charge in [0.1, 0.15) is 5.75 Å². The van der Waals surface area contributed by atoms with E-state index >= 15 is 0 Å². The van der Waals surface area contributed by atoms with Crippen LogP contribution < -0.4 is 10.1 Å². The molecule has 0 saturated carbocycles.